The zero-order valence-electron chi connectivity index (χ0n) is 11.0. The molecule has 0 aliphatic carbocycles. The monoisotopic (exact) mass is 300 g/mol. The van der Waals surface area contributed by atoms with Crippen LogP contribution in [0.25, 0.3) is 0 Å². The smallest absolute Gasteiger partial charge is 0.134 e. The second-order valence-corrected chi connectivity index (χ2v) is 4.27. The summed E-state index contributed by atoms with van der Waals surface area (Å²) in [7, 11) is 1.32. The molecule has 7 heteroatoms. The van der Waals surface area contributed by atoms with E-state index < -0.39 is 34.9 Å². The van der Waals surface area contributed by atoms with E-state index in [9.17, 15) is 17.6 Å². The predicted molar refractivity (Wildman–Crippen MR) is 68.4 cm³/mol. The highest BCUT2D eigenvalue weighted by Gasteiger charge is 2.25. The van der Waals surface area contributed by atoms with E-state index in [0.717, 1.165) is 12.1 Å². The van der Waals surface area contributed by atoms with Crippen LogP contribution in [0, 0.1) is 23.3 Å². The van der Waals surface area contributed by atoms with Gasteiger partial charge in [-0.25, -0.2) is 23.0 Å². The molecule has 3 N–H and O–H groups in total. The van der Waals surface area contributed by atoms with Gasteiger partial charge in [-0.15, -0.1) is 0 Å². The molecule has 0 aliphatic heterocycles. The number of hydrogen-bond acceptors (Lipinski definition) is 3. The van der Waals surface area contributed by atoms with E-state index in [2.05, 4.69) is 5.43 Å². The van der Waals surface area contributed by atoms with E-state index in [4.69, 9.17) is 10.6 Å². The third-order valence-electron chi connectivity index (χ3n) is 3.00. The van der Waals surface area contributed by atoms with E-state index in [1.807, 2.05) is 0 Å². The fraction of sp³-hybridized carbons (Fsp3) is 0.143. The third-order valence-corrected chi connectivity index (χ3v) is 3.00. The number of rotatable bonds is 4. The Morgan fingerprint density at radius 2 is 1.62 bits per heavy atom. The van der Waals surface area contributed by atoms with Gasteiger partial charge in [0.2, 0.25) is 0 Å². The van der Waals surface area contributed by atoms with Crippen LogP contribution in [0.1, 0.15) is 17.2 Å². The van der Waals surface area contributed by atoms with E-state index in [1.165, 1.54) is 13.2 Å². The van der Waals surface area contributed by atoms with E-state index in [-0.39, 0.29) is 11.3 Å². The average molecular weight is 300 g/mol. The van der Waals surface area contributed by atoms with Gasteiger partial charge in [0, 0.05) is 23.3 Å². The van der Waals surface area contributed by atoms with Gasteiger partial charge in [0.15, 0.2) is 0 Å². The summed E-state index contributed by atoms with van der Waals surface area (Å²) < 4.78 is 59.1. The van der Waals surface area contributed by atoms with Gasteiger partial charge in [-0.1, -0.05) is 0 Å². The first-order valence-electron chi connectivity index (χ1n) is 5.92. The van der Waals surface area contributed by atoms with Crippen LogP contribution in [-0.4, -0.2) is 7.11 Å². The van der Waals surface area contributed by atoms with Gasteiger partial charge in [-0.3, -0.25) is 5.84 Å². The maximum absolute atomic E-state index is 13.9. The molecule has 2 aromatic carbocycles. The molecule has 1 unspecified atom stereocenters. The lowest BCUT2D eigenvalue weighted by Gasteiger charge is -2.20. The van der Waals surface area contributed by atoms with Crippen molar-refractivity contribution < 1.29 is 22.3 Å². The molecule has 0 aromatic heterocycles. The Labute approximate surface area is 118 Å². The fourth-order valence-electron chi connectivity index (χ4n) is 2.09. The summed E-state index contributed by atoms with van der Waals surface area (Å²) in [5, 5.41) is 0. The molecular formula is C14H12F4N2O. The molecule has 0 aliphatic rings. The standard InChI is InChI=1S/C14H12F4N2O/c1-21-12-3-2-7(15)4-9(12)14(20-19)13-10(17)5-8(16)6-11(13)18/h2-6,14,20H,19H2,1H3. The summed E-state index contributed by atoms with van der Waals surface area (Å²) in [6.45, 7) is 0. The first kappa shape index (κ1) is 15.3. The molecule has 0 fully saturated rings. The summed E-state index contributed by atoms with van der Waals surface area (Å²) in [5.41, 5.74) is 1.75. The number of nitrogens with two attached hydrogens (primary N) is 1. The van der Waals surface area contributed by atoms with Crippen molar-refractivity contribution >= 4 is 0 Å². The number of hydrazine groups is 1. The molecule has 0 radical (unpaired) electrons. The molecule has 2 rings (SSSR count). The second kappa shape index (κ2) is 6.11. The Morgan fingerprint density at radius 3 is 2.14 bits per heavy atom. The number of ether oxygens (including phenoxy) is 1. The SMILES string of the molecule is COc1ccc(F)cc1C(NN)c1c(F)cc(F)cc1F. The highest BCUT2D eigenvalue weighted by Crippen LogP contribution is 2.33. The Hall–Kier alpha value is -2.12. The lowest BCUT2D eigenvalue weighted by molar-refractivity contribution is 0.399. The molecule has 0 spiro atoms. The summed E-state index contributed by atoms with van der Waals surface area (Å²) in [5.74, 6) is 1.55. The highest BCUT2D eigenvalue weighted by molar-refractivity contribution is 5.42. The van der Waals surface area contributed by atoms with E-state index in [1.54, 1.807) is 0 Å². The minimum absolute atomic E-state index is 0.0874. The van der Waals surface area contributed by atoms with Gasteiger partial charge in [0.25, 0.3) is 0 Å². The Morgan fingerprint density at radius 1 is 1.00 bits per heavy atom. The fourth-order valence-corrected chi connectivity index (χ4v) is 2.09. The minimum Gasteiger partial charge on any atom is -0.496 e. The Kier molecular flexibility index (Phi) is 4.44. The van der Waals surface area contributed by atoms with Crippen molar-refractivity contribution in [2.24, 2.45) is 5.84 Å². The Bertz CT molecular complexity index is 640. The average Bonchev–Trinajstić information content (AvgIpc) is 2.42. The van der Waals surface area contributed by atoms with Crippen LogP contribution in [0.5, 0.6) is 5.75 Å². The van der Waals surface area contributed by atoms with Crippen LogP contribution < -0.4 is 16.0 Å². The van der Waals surface area contributed by atoms with Crippen LogP contribution in [-0.2, 0) is 0 Å². The largest absolute Gasteiger partial charge is 0.496 e. The van der Waals surface area contributed by atoms with Crippen molar-refractivity contribution in [2.75, 3.05) is 7.11 Å². The van der Waals surface area contributed by atoms with Gasteiger partial charge >= 0.3 is 0 Å². The second-order valence-electron chi connectivity index (χ2n) is 4.27. The van der Waals surface area contributed by atoms with Gasteiger partial charge in [0.05, 0.1) is 13.2 Å². The van der Waals surface area contributed by atoms with Crippen molar-refractivity contribution in [3.8, 4) is 5.75 Å². The van der Waals surface area contributed by atoms with Gasteiger partial charge in [-0.05, 0) is 18.2 Å². The molecule has 1 atom stereocenters. The summed E-state index contributed by atoms with van der Waals surface area (Å²) in [6.07, 6.45) is 0. The Balaban J connectivity index is 2.63. The zero-order valence-corrected chi connectivity index (χ0v) is 11.0. The summed E-state index contributed by atoms with van der Waals surface area (Å²) in [4.78, 5) is 0. The summed E-state index contributed by atoms with van der Waals surface area (Å²) in [6, 6.07) is 3.27. The quantitative estimate of drug-likeness (QED) is 0.518. The maximum atomic E-state index is 13.9. The lowest BCUT2D eigenvalue weighted by Crippen LogP contribution is -2.31. The third kappa shape index (κ3) is 2.98. The highest BCUT2D eigenvalue weighted by atomic mass is 19.1. The first-order valence-corrected chi connectivity index (χ1v) is 5.92. The number of hydrogen-bond donors (Lipinski definition) is 2. The van der Waals surface area contributed by atoms with E-state index >= 15 is 0 Å². The molecule has 0 saturated heterocycles. The van der Waals surface area contributed by atoms with E-state index in [0.29, 0.717) is 12.1 Å². The minimum atomic E-state index is -1.24. The van der Waals surface area contributed by atoms with Gasteiger partial charge in [0.1, 0.15) is 29.0 Å². The molecule has 21 heavy (non-hydrogen) atoms. The van der Waals surface area contributed by atoms with Crippen molar-refractivity contribution in [3.05, 3.63) is 64.7 Å². The van der Waals surface area contributed by atoms with Crippen LogP contribution in [0.3, 0.4) is 0 Å². The molecule has 0 bridgehead atoms. The van der Waals surface area contributed by atoms with Crippen LogP contribution >= 0.6 is 0 Å². The molecule has 2 aromatic rings. The number of benzene rings is 2. The molecule has 0 amide bonds. The van der Waals surface area contributed by atoms with Crippen molar-refractivity contribution in [1.29, 1.82) is 0 Å². The topological polar surface area (TPSA) is 47.3 Å². The molecule has 0 saturated carbocycles. The first-order chi connectivity index (χ1) is 9.97. The van der Waals surface area contributed by atoms with Crippen molar-refractivity contribution in [3.63, 3.8) is 0 Å². The lowest BCUT2D eigenvalue weighted by atomic mass is 9.97. The molecule has 3 nitrogen and oxygen atoms in total. The van der Waals surface area contributed by atoms with Gasteiger partial charge in [-0.2, -0.15) is 0 Å². The zero-order chi connectivity index (χ0) is 15.6. The van der Waals surface area contributed by atoms with Crippen LogP contribution in [0.15, 0.2) is 30.3 Å². The van der Waals surface area contributed by atoms with Crippen LogP contribution in [0.2, 0.25) is 0 Å². The van der Waals surface area contributed by atoms with Crippen molar-refractivity contribution in [2.45, 2.75) is 6.04 Å². The van der Waals surface area contributed by atoms with Crippen molar-refractivity contribution in [1.82, 2.24) is 5.43 Å². The van der Waals surface area contributed by atoms with Crippen LogP contribution in [0.4, 0.5) is 17.6 Å². The maximum Gasteiger partial charge on any atom is 0.134 e. The number of methoxy groups -OCH3 is 1. The predicted octanol–water partition coefficient (Wildman–Crippen LogP) is 2.80. The molecule has 112 valence electrons. The summed E-state index contributed by atoms with van der Waals surface area (Å²) >= 11 is 0. The number of halogens is 4. The number of nitrogens with one attached hydrogen (secondary N) is 1. The van der Waals surface area contributed by atoms with Gasteiger partial charge < -0.3 is 4.74 Å². The normalized spacial score (nSPS) is 12.3. The molecular weight excluding hydrogens is 288 g/mol. The molecule has 0 heterocycles.